The molecule has 3 rings (SSSR count). The molecular weight excluding hydrogens is 374 g/mol. The number of hydrogen-bond donors (Lipinski definition) is 0. The molecule has 2 nitrogen and oxygen atoms in total. The van der Waals surface area contributed by atoms with Crippen LogP contribution in [0.3, 0.4) is 0 Å². The minimum Gasteiger partial charge on any atom is -0.334 e. The zero-order valence-electron chi connectivity index (χ0n) is 17.0. The Hall–Kier alpha value is -2.52. The van der Waals surface area contributed by atoms with E-state index < -0.39 is 0 Å². The first kappa shape index (κ1) is 21.2. The monoisotopic (exact) mass is 403 g/mol. The fourth-order valence-corrected chi connectivity index (χ4v) is 4.46. The maximum Gasteiger partial charge on any atom is 0.224 e. The largest absolute Gasteiger partial charge is 0.334 e. The quantitative estimate of drug-likeness (QED) is 0.385. The van der Waals surface area contributed by atoms with Crippen LogP contribution < -0.4 is 0 Å². The van der Waals surface area contributed by atoms with Gasteiger partial charge in [0.15, 0.2) is 0 Å². The van der Waals surface area contributed by atoms with Crippen molar-refractivity contribution in [3.8, 4) is 0 Å². The highest BCUT2D eigenvalue weighted by Gasteiger charge is 2.21. The van der Waals surface area contributed by atoms with Gasteiger partial charge in [0.2, 0.25) is 5.91 Å². The number of carbonyl (C=O) groups is 1. The van der Waals surface area contributed by atoms with E-state index in [1.54, 1.807) is 0 Å². The van der Waals surface area contributed by atoms with Crippen molar-refractivity contribution in [1.82, 2.24) is 4.90 Å². The van der Waals surface area contributed by atoms with Crippen LogP contribution >= 0.6 is 11.8 Å². The Kier molecular flexibility index (Phi) is 8.39. The third kappa shape index (κ3) is 6.79. The number of rotatable bonds is 10. The van der Waals surface area contributed by atoms with Gasteiger partial charge in [0.05, 0.1) is 0 Å². The number of amides is 1. The summed E-state index contributed by atoms with van der Waals surface area (Å²) < 4.78 is 0. The minimum atomic E-state index is 0.192. The lowest BCUT2D eigenvalue weighted by molar-refractivity contribution is -0.132. The lowest BCUT2D eigenvalue weighted by Gasteiger charge is -2.26. The molecule has 150 valence electrons. The highest BCUT2D eigenvalue weighted by Crippen LogP contribution is 2.33. The summed E-state index contributed by atoms with van der Waals surface area (Å²) >= 11 is 1.89. The molecule has 1 atom stereocenters. The van der Waals surface area contributed by atoms with Gasteiger partial charge in [0.25, 0.3) is 0 Å². The van der Waals surface area contributed by atoms with E-state index in [-0.39, 0.29) is 11.2 Å². The minimum absolute atomic E-state index is 0.192. The summed E-state index contributed by atoms with van der Waals surface area (Å²) in [6, 6.07) is 30.9. The molecule has 3 heteroatoms. The lowest BCUT2D eigenvalue weighted by Crippen LogP contribution is -2.31. The summed E-state index contributed by atoms with van der Waals surface area (Å²) in [6.45, 7) is 3.46. The van der Waals surface area contributed by atoms with Gasteiger partial charge in [0.1, 0.15) is 0 Å². The van der Waals surface area contributed by atoms with Crippen molar-refractivity contribution < 1.29 is 4.79 Å². The van der Waals surface area contributed by atoms with Crippen LogP contribution in [0.25, 0.3) is 0 Å². The number of thioether (sulfide) groups is 1. The fourth-order valence-electron chi connectivity index (χ4n) is 3.33. The van der Waals surface area contributed by atoms with Crippen molar-refractivity contribution in [3.05, 3.63) is 108 Å². The van der Waals surface area contributed by atoms with Crippen LogP contribution in [0.1, 0.15) is 41.7 Å². The molecule has 0 N–H and O–H groups in total. The van der Waals surface area contributed by atoms with Gasteiger partial charge in [-0.15, -0.1) is 0 Å². The fraction of sp³-hybridized carbons (Fsp3) is 0.269. The second-order valence-electron chi connectivity index (χ2n) is 7.20. The number of hydrogen-bond acceptors (Lipinski definition) is 2. The number of benzene rings is 3. The molecule has 0 saturated carbocycles. The second-order valence-corrected chi connectivity index (χ2v) is 8.51. The van der Waals surface area contributed by atoms with Crippen molar-refractivity contribution >= 4 is 17.7 Å². The predicted molar refractivity (Wildman–Crippen MR) is 124 cm³/mol. The van der Waals surface area contributed by atoms with Gasteiger partial charge in [0, 0.05) is 24.8 Å². The second kappa shape index (κ2) is 11.5. The first-order valence-corrected chi connectivity index (χ1v) is 11.3. The van der Waals surface area contributed by atoms with Crippen molar-refractivity contribution in [3.63, 3.8) is 0 Å². The summed E-state index contributed by atoms with van der Waals surface area (Å²) in [4.78, 5) is 15.4. The van der Waals surface area contributed by atoms with Crippen molar-refractivity contribution in [2.24, 2.45) is 0 Å². The van der Waals surface area contributed by atoms with Crippen molar-refractivity contribution in [2.75, 3.05) is 5.75 Å². The van der Waals surface area contributed by atoms with E-state index in [1.165, 1.54) is 5.56 Å². The topological polar surface area (TPSA) is 20.3 Å². The van der Waals surface area contributed by atoms with Crippen LogP contribution in [0, 0.1) is 0 Å². The molecule has 0 aliphatic rings. The average Bonchev–Trinajstić information content (AvgIpc) is 2.78. The Morgan fingerprint density at radius 2 is 1.28 bits per heavy atom. The Morgan fingerprint density at radius 3 is 1.76 bits per heavy atom. The Balaban J connectivity index is 1.78. The maximum absolute atomic E-state index is 13.4. The molecule has 0 spiro atoms. The zero-order chi connectivity index (χ0) is 20.3. The van der Waals surface area contributed by atoms with Crippen molar-refractivity contribution in [2.45, 2.75) is 38.1 Å². The van der Waals surface area contributed by atoms with E-state index in [1.807, 2.05) is 59.1 Å². The van der Waals surface area contributed by atoms with Gasteiger partial charge in [-0.25, -0.2) is 0 Å². The Bertz CT molecular complexity index is 810. The maximum atomic E-state index is 13.4. The van der Waals surface area contributed by atoms with E-state index in [0.717, 1.165) is 23.3 Å². The molecule has 3 aromatic rings. The van der Waals surface area contributed by atoms with Crippen LogP contribution in [0.15, 0.2) is 91.0 Å². The van der Waals surface area contributed by atoms with Gasteiger partial charge >= 0.3 is 0 Å². The molecule has 0 saturated heterocycles. The first-order valence-electron chi connectivity index (χ1n) is 10.3. The van der Waals surface area contributed by atoms with Gasteiger partial charge in [-0.1, -0.05) is 97.9 Å². The molecule has 0 unspecified atom stereocenters. The number of carbonyl (C=O) groups excluding carboxylic acids is 1. The Labute approximate surface area is 179 Å². The predicted octanol–water partition coefficient (Wildman–Crippen LogP) is 6.49. The molecule has 0 fully saturated rings. The summed E-state index contributed by atoms with van der Waals surface area (Å²) in [6.07, 6.45) is 1.63. The van der Waals surface area contributed by atoms with Gasteiger partial charge in [-0.3, -0.25) is 4.79 Å². The molecule has 3 aromatic carbocycles. The van der Waals surface area contributed by atoms with Gasteiger partial charge in [-0.05, 0) is 28.9 Å². The van der Waals surface area contributed by atoms with Crippen molar-refractivity contribution in [1.29, 1.82) is 0 Å². The molecule has 0 bridgehead atoms. The number of nitrogens with zero attached hydrogens (tertiary/aromatic N) is 1. The SMILES string of the molecule is CCCS[C@H](CC(=O)N(Cc1ccccc1)Cc1ccccc1)c1ccccc1. The highest BCUT2D eigenvalue weighted by atomic mass is 32.2. The molecule has 0 heterocycles. The van der Waals surface area contributed by atoms with E-state index >= 15 is 0 Å². The third-order valence-corrected chi connectivity index (χ3v) is 6.32. The van der Waals surface area contributed by atoms with Crippen LogP contribution in [-0.4, -0.2) is 16.6 Å². The van der Waals surface area contributed by atoms with Gasteiger partial charge in [-0.2, -0.15) is 11.8 Å². The molecule has 0 aromatic heterocycles. The summed E-state index contributed by atoms with van der Waals surface area (Å²) in [5, 5.41) is 0.192. The van der Waals surface area contributed by atoms with Gasteiger partial charge < -0.3 is 4.90 Å². The van der Waals surface area contributed by atoms with Crippen LogP contribution in [0.2, 0.25) is 0 Å². The molecular formula is C26H29NOS. The first-order chi connectivity index (χ1) is 14.3. The molecule has 0 aliphatic heterocycles. The summed E-state index contributed by atoms with van der Waals surface area (Å²) in [7, 11) is 0. The van der Waals surface area contributed by atoms with Crippen LogP contribution in [-0.2, 0) is 17.9 Å². The third-order valence-electron chi connectivity index (χ3n) is 4.84. The lowest BCUT2D eigenvalue weighted by atomic mass is 10.1. The highest BCUT2D eigenvalue weighted by molar-refractivity contribution is 7.99. The molecule has 0 radical (unpaired) electrons. The summed E-state index contributed by atoms with van der Waals surface area (Å²) in [5.74, 6) is 1.26. The zero-order valence-corrected chi connectivity index (χ0v) is 17.9. The van der Waals surface area contributed by atoms with Crippen LogP contribution in [0.4, 0.5) is 0 Å². The van der Waals surface area contributed by atoms with E-state index in [2.05, 4.69) is 55.5 Å². The molecule has 29 heavy (non-hydrogen) atoms. The van der Waals surface area contributed by atoms with E-state index in [4.69, 9.17) is 0 Å². The van der Waals surface area contributed by atoms with E-state index in [0.29, 0.717) is 19.5 Å². The average molecular weight is 404 g/mol. The molecule has 1 amide bonds. The standard InChI is InChI=1S/C26H29NOS/c1-2-18-29-25(24-16-10-5-11-17-24)19-26(28)27(20-22-12-6-3-7-13-22)21-23-14-8-4-9-15-23/h3-17,25H,2,18-21H2,1H3/t25-/m1/s1. The smallest absolute Gasteiger partial charge is 0.224 e. The molecule has 0 aliphatic carbocycles. The Morgan fingerprint density at radius 1 is 0.793 bits per heavy atom. The van der Waals surface area contributed by atoms with E-state index in [9.17, 15) is 4.79 Å². The normalized spacial score (nSPS) is 11.8. The van der Waals surface area contributed by atoms with Crippen LogP contribution in [0.5, 0.6) is 0 Å². The summed E-state index contributed by atoms with van der Waals surface area (Å²) in [5.41, 5.74) is 3.56.